The minimum Gasteiger partial charge on any atom is -0.397 e. The highest BCUT2D eigenvalue weighted by Crippen LogP contribution is 2.40. The van der Waals surface area contributed by atoms with Crippen molar-refractivity contribution in [3.8, 4) is 0 Å². The van der Waals surface area contributed by atoms with E-state index in [1.807, 2.05) is 0 Å². The number of nitrogens with zero attached hydrogens (tertiary/aromatic N) is 1. The molecule has 1 heterocycles. The van der Waals surface area contributed by atoms with Gasteiger partial charge in [0.15, 0.2) is 0 Å². The first-order valence-electron chi connectivity index (χ1n) is 7.45. The molecule has 1 aliphatic carbocycles. The van der Waals surface area contributed by atoms with Gasteiger partial charge in [0.1, 0.15) is 0 Å². The number of benzene rings is 1. The molecule has 0 saturated heterocycles. The van der Waals surface area contributed by atoms with Gasteiger partial charge in [-0.3, -0.25) is 0 Å². The number of nitrogen functional groups attached to an aromatic ring is 1. The summed E-state index contributed by atoms with van der Waals surface area (Å²) < 4.78 is 0. The van der Waals surface area contributed by atoms with Crippen LogP contribution in [0.4, 0.5) is 11.4 Å². The van der Waals surface area contributed by atoms with Crippen molar-refractivity contribution in [2.75, 3.05) is 17.2 Å². The molecule has 98 valence electrons. The van der Waals surface area contributed by atoms with E-state index in [9.17, 15) is 0 Å². The molecule has 2 heteroatoms. The highest BCUT2D eigenvalue weighted by atomic mass is 15.2. The minimum atomic E-state index is 0.731. The maximum Gasteiger partial charge on any atom is 0.0635 e. The van der Waals surface area contributed by atoms with Crippen LogP contribution in [0.15, 0.2) is 18.2 Å². The number of rotatable bonds is 2. The highest BCUT2D eigenvalue weighted by Gasteiger charge is 2.33. The molecule has 1 aromatic rings. The van der Waals surface area contributed by atoms with Gasteiger partial charge in [-0.1, -0.05) is 38.3 Å². The summed E-state index contributed by atoms with van der Waals surface area (Å²) in [5.74, 6) is 0.865. The third-order valence-corrected chi connectivity index (χ3v) is 4.85. The third kappa shape index (κ3) is 1.88. The van der Waals surface area contributed by atoms with Crippen LogP contribution >= 0.6 is 0 Å². The molecular formula is C16H24N2. The third-order valence-electron chi connectivity index (χ3n) is 4.85. The van der Waals surface area contributed by atoms with E-state index in [4.69, 9.17) is 5.73 Å². The summed E-state index contributed by atoms with van der Waals surface area (Å²) in [6.45, 7) is 3.51. The monoisotopic (exact) mass is 244 g/mol. The molecular weight excluding hydrogens is 220 g/mol. The second-order valence-electron chi connectivity index (χ2n) is 5.82. The summed E-state index contributed by atoms with van der Waals surface area (Å²) in [6, 6.07) is 7.13. The fourth-order valence-electron chi connectivity index (χ4n) is 3.92. The Labute approximate surface area is 110 Å². The lowest BCUT2D eigenvalue weighted by Crippen LogP contribution is -2.41. The van der Waals surface area contributed by atoms with E-state index in [2.05, 4.69) is 30.0 Å². The lowest BCUT2D eigenvalue weighted by molar-refractivity contribution is 0.288. The van der Waals surface area contributed by atoms with Gasteiger partial charge in [-0.05, 0) is 36.8 Å². The largest absolute Gasteiger partial charge is 0.397 e. The minimum absolute atomic E-state index is 0.731. The van der Waals surface area contributed by atoms with Gasteiger partial charge in [0.2, 0.25) is 0 Å². The Morgan fingerprint density at radius 1 is 1.28 bits per heavy atom. The summed E-state index contributed by atoms with van der Waals surface area (Å²) in [7, 11) is 0. The van der Waals surface area contributed by atoms with Crippen LogP contribution in [-0.2, 0) is 6.42 Å². The van der Waals surface area contributed by atoms with Gasteiger partial charge in [0, 0.05) is 12.6 Å². The molecule has 2 unspecified atom stereocenters. The number of nitrogens with two attached hydrogens (primary N) is 1. The lowest BCUT2D eigenvalue weighted by Gasteiger charge is -2.39. The van der Waals surface area contributed by atoms with Crippen LogP contribution < -0.4 is 10.6 Å². The number of hydrogen-bond donors (Lipinski definition) is 1. The molecule has 1 aliphatic heterocycles. The van der Waals surface area contributed by atoms with Crippen LogP contribution in [0.3, 0.4) is 0 Å². The van der Waals surface area contributed by atoms with E-state index in [-0.39, 0.29) is 0 Å². The van der Waals surface area contributed by atoms with Gasteiger partial charge in [0.25, 0.3) is 0 Å². The summed E-state index contributed by atoms with van der Waals surface area (Å²) in [5, 5.41) is 0. The average Bonchev–Trinajstić information content (AvgIpc) is 2.84. The number of para-hydroxylation sites is 1. The molecule has 2 nitrogen and oxygen atoms in total. The van der Waals surface area contributed by atoms with Crippen molar-refractivity contribution in [1.29, 1.82) is 0 Å². The zero-order valence-corrected chi connectivity index (χ0v) is 11.4. The lowest BCUT2D eigenvalue weighted by atomic mass is 9.82. The van der Waals surface area contributed by atoms with E-state index in [0.29, 0.717) is 0 Å². The zero-order chi connectivity index (χ0) is 12.5. The van der Waals surface area contributed by atoms with E-state index < -0.39 is 0 Å². The van der Waals surface area contributed by atoms with Crippen LogP contribution in [0, 0.1) is 5.92 Å². The molecule has 0 spiro atoms. The quantitative estimate of drug-likeness (QED) is 0.805. The van der Waals surface area contributed by atoms with Crippen LogP contribution in [0.5, 0.6) is 0 Å². The predicted octanol–water partition coefficient (Wildman–Crippen LogP) is 3.60. The summed E-state index contributed by atoms with van der Waals surface area (Å²) >= 11 is 0. The fraction of sp³-hybridized carbons (Fsp3) is 0.625. The van der Waals surface area contributed by atoms with Crippen molar-refractivity contribution in [1.82, 2.24) is 0 Å². The zero-order valence-electron chi connectivity index (χ0n) is 11.4. The summed E-state index contributed by atoms with van der Waals surface area (Å²) in [5.41, 5.74) is 10.00. The molecule has 1 aromatic carbocycles. The molecule has 1 fully saturated rings. The van der Waals surface area contributed by atoms with E-state index >= 15 is 0 Å². The first kappa shape index (κ1) is 11.9. The van der Waals surface area contributed by atoms with Crippen LogP contribution in [0.25, 0.3) is 0 Å². The van der Waals surface area contributed by atoms with Crippen molar-refractivity contribution < 1.29 is 0 Å². The predicted molar refractivity (Wildman–Crippen MR) is 77.9 cm³/mol. The Balaban J connectivity index is 1.91. The van der Waals surface area contributed by atoms with Crippen molar-refractivity contribution in [3.63, 3.8) is 0 Å². The maximum atomic E-state index is 6.21. The molecule has 0 amide bonds. The summed E-state index contributed by atoms with van der Waals surface area (Å²) in [4.78, 5) is 2.62. The van der Waals surface area contributed by atoms with Crippen molar-refractivity contribution >= 4 is 11.4 Å². The topological polar surface area (TPSA) is 29.3 Å². The highest BCUT2D eigenvalue weighted by molar-refractivity contribution is 5.74. The molecule has 2 N–H and O–H groups in total. The van der Waals surface area contributed by atoms with Crippen LogP contribution in [0.2, 0.25) is 0 Å². The Bertz CT molecular complexity index is 427. The number of fused-ring (bicyclic) bond motifs is 1. The molecule has 0 bridgehead atoms. The second-order valence-corrected chi connectivity index (χ2v) is 5.82. The second kappa shape index (κ2) is 4.83. The normalized spacial score (nSPS) is 27.3. The fourth-order valence-corrected chi connectivity index (χ4v) is 3.92. The van der Waals surface area contributed by atoms with Crippen molar-refractivity contribution in [3.05, 3.63) is 23.8 Å². The number of hydrogen-bond acceptors (Lipinski definition) is 2. The van der Waals surface area contributed by atoms with Gasteiger partial charge in [-0.2, -0.15) is 0 Å². The molecule has 0 radical (unpaired) electrons. The van der Waals surface area contributed by atoms with Gasteiger partial charge in [0.05, 0.1) is 11.4 Å². The van der Waals surface area contributed by atoms with E-state index in [1.54, 1.807) is 0 Å². The van der Waals surface area contributed by atoms with Gasteiger partial charge in [-0.25, -0.2) is 0 Å². The Morgan fingerprint density at radius 3 is 2.94 bits per heavy atom. The molecule has 2 aliphatic rings. The van der Waals surface area contributed by atoms with Crippen molar-refractivity contribution in [2.45, 2.75) is 51.5 Å². The molecule has 0 aromatic heterocycles. The smallest absolute Gasteiger partial charge is 0.0635 e. The Hall–Kier alpha value is -1.18. The Morgan fingerprint density at radius 2 is 2.11 bits per heavy atom. The maximum absolute atomic E-state index is 6.21. The average molecular weight is 244 g/mol. The molecule has 1 saturated carbocycles. The van der Waals surface area contributed by atoms with Crippen molar-refractivity contribution in [2.24, 2.45) is 5.92 Å². The molecule has 18 heavy (non-hydrogen) atoms. The first-order chi connectivity index (χ1) is 8.81. The van der Waals surface area contributed by atoms with Gasteiger partial charge >= 0.3 is 0 Å². The molecule has 2 atom stereocenters. The molecule has 3 rings (SSSR count). The van der Waals surface area contributed by atoms with Gasteiger partial charge in [-0.15, -0.1) is 0 Å². The van der Waals surface area contributed by atoms with E-state index in [1.165, 1.54) is 56.3 Å². The number of anilines is 2. The van der Waals surface area contributed by atoms with Crippen LogP contribution in [-0.4, -0.2) is 12.6 Å². The summed E-state index contributed by atoms with van der Waals surface area (Å²) in [6.07, 6.45) is 8.04. The first-order valence-corrected chi connectivity index (χ1v) is 7.45. The van der Waals surface area contributed by atoms with Gasteiger partial charge < -0.3 is 10.6 Å². The Kier molecular flexibility index (Phi) is 3.19. The SMILES string of the molecule is CCC1CCCCC1N1CCc2cccc(N)c21. The van der Waals surface area contributed by atoms with Crippen LogP contribution in [0.1, 0.15) is 44.6 Å². The van der Waals surface area contributed by atoms with E-state index in [0.717, 1.165) is 17.6 Å². The standard InChI is InChI=1S/C16H24N2/c1-2-12-6-3-4-9-15(12)18-11-10-13-7-5-8-14(17)16(13)18/h5,7-8,12,15H,2-4,6,9-11,17H2,1H3.